The van der Waals surface area contributed by atoms with Crippen LogP contribution in [-0.2, 0) is 65.4 Å². The third-order valence-electron chi connectivity index (χ3n) is 16.5. The van der Waals surface area contributed by atoms with Crippen LogP contribution in [0.15, 0.2) is 0 Å². The second-order valence-electron chi connectivity index (χ2n) is 26.1. The zero-order chi connectivity index (χ0) is 66.3. The zero-order valence-corrected chi connectivity index (χ0v) is 60.1. The van der Waals surface area contributed by atoms with E-state index in [2.05, 4.69) is 34.6 Å². The van der Waals surface area contributed by atoms with Crippen LogP contribution in [-0.4, -0.2) is 96.7 Å². The van der Waals surface area contributed by atoms with Crippen molar-refractivity contribution in [1.82, 2.24) is 0 Å². The highest BCUT2D eigenvalue weighted by atomic mass is 31.2. The minimum atomic E-state index is -4.95. The summed E-state index contributed by atoms with van der Waals surface area (Å²) in [5, 5.41) is 10.6. The molecule has 0 amide bonds. The fourth-order valence-corrected chi connectivity index (χ4v) is 12.4. The van der Waals surface area contributed by atoms with Gasteiger partial charge in [-0.15, -0.1) is 0 Å². The van der Waals surface area contributed by atoms with Gasteiger partial charge in [-0.1, -0.05) is 317 Å². The minimum Gasteiger partial charge on any atom is -0.462 e. The quantitative estimate of drug-likeness (QED) is 0.0222. The Morgan fingerprint density at radius 1 is 0.300 bits per heavy atom. The predicted molar refractivity (Wildman–Crippen MR) is 363 cm³/mol. The molecule has 17 nitrogen and oxygen atoms in total. The van der Waals surface area contributed by atoms with Crippen LogP contribution in [0.4, 0.5) is 0 Å². The van der Waals surface area contributed by atoms with E-state index in [-0.39, 0.29) is 25.7 Å². The van der Waals surface area contributed by atoms with Crippen LogP contribution in [0.25, 0.3) is 0 Å². The molecule has 0 radical (unpaired) electrons. The number of aliphatic hydroxyl groups excluding tert-OH is 1. The van der Waals surface area contributed by atoms with Crippen molar-refractivity contribution in [3.05, 3.63) is 0 Å². The third-order valence-corrected chi connectivity index (χ3v) is 18.4. The molecule has 0 fully saturated rings. The number of rotatable bonds is 71. The van der Waals surface area contributed by atoms with Gasteiger partial charge >= 0.3 is 39.5 Å². The Balaban J connectivity index is 5.19. The SMILES string of the molecule is CCCCCCCCCCCCCCCCCCCCCC(=O)O[C@H](COC(=O)CCCCCCCCCCCCCC)COP(=O)(O)OC[C@@H](O)COP(=O)(O)OC[C@@H](COC(=O)CCCCCCCCCCC)OC(=O)CCCCCCCCCC(C)C. The molecule has 0 rings (SSSR count). The molecule has 3 N–H and O–H groups in total. The first kappa shape index (κ1) is 88.1. The van der Waals surface area contributed by atoms with E-state index in [9.17, 15) is 43.2 Å². The van der Waals surface area contributed by atoms with Crippen molar-refractivity contribution < 1.29 is 80.2 Å². The Morgan fingerprint density at radius 2 is 0.511 bits per heavy atom. The number of hydrogen-bond acceptors (Lipinski definition) is 15. The molecule has 90 heavy (non-hydrogen) atoms. The van der Waals surface area contributed by atoms with Crippen LogP contribution in [0.1, 0.15) is 369 Å². The number of esters is 4. The largest absolute Gasteiger partial charge is 0.472 e. The molecule has 0 aliphatic heterocycles. The number of ether oxygens (including phenoxy) is 4. The summed E-state index contributed by atoms with van der Waals surface area (Å²) >= 11 is 0. The molecule has 5 atom stereocenters. The first-order valence-corrected chi connectivity index (χ1v) is 40.1. The lowest BCUT2D eigenvalue weighted by atomic mass is 10.0. The van der Waals surface area contributed by atoms with Crippen LogP contribution in [0.5, 0.6) is 0 Å². The Labute approximate surface area is 549 Å². The van der Waals surface area contributed by atoms with Crippen molar-refractivity contribution in [3.8, 4) is 0 Å². The summed E-state index contributed by atoms with van der Waals surface area (Å²) in [7, 11) is -9.90. The molecule has 0 aromatic carbocycles. The fourth-order valence-electron chi connectivity index (χ4n) is 10.8. The molecule has 19 heteroatoms. The highest BCUT2D eigenvalue weighted by Gasteiger charge is 2.30. The van der Waals surface area contributed by atoms with Crippen LogP contribution in [0.2, 0.25) is 0 Å². The topological polar surface area (TPSA) is 237 Å². The van der Waals surface area contributed by atoms with E-state index in [0.717, 1.165) is 89.9 Å². The van der Waals surface area contributed by atoms with Gasteiger partial charge in [-0.3, -0.25) is 37.3 Å². The summed E-state index contributed by atoms with van der Waals surface area (Å²) < 4.78 is 68.2. The number of aliphatic hydroxyl groups is 1. The zero-order valence-electron chi connectivity index (χ0n) is 58.3. The first-order valence-electron chi connectivity index (χ1n) is 37.1. The van der Waals surface area contributed by atoms with Gasteiger partial charge in [0.05, 0.1) is 26.4 Å². The van der Waals surface area contributed by atoms with E-state index in [1.54, 1.807) is 0 Å². The van der Waals surface area contributed by atoms with Crippen LogP contribution < -0.4 is 0 Å². The van der Waals surface area contributed by atoms with Gasteiger partial charge in [0.25, 0.3) is 0 Å². The summed E-state index contributed by atoms with van der Waals surface area (Å²) in [6, 6.07) is 0. The van der Waals surface area contributed by atoms with Gasteiger partial charge in [0.1, 0.15) is 19.3 Å². The maximum absolute atomic E-state index is 13.0. The summed E-state index contributed by atoms with van der Waals surface area (Å²) in [6.07, 6.45) is 51.5. The Morgan fingerprint density at radius 3 is 0.756 bits per heavy atom. The van der Waals surface area contributed by atoms with E-state index in [1.807, 2.05) is 0 Å². The maximum Gasteiger partial charge on any atom is 0.472 e. The number of phosphoric acid groups is 2. The molecule has 0 saturated heterocycles. The third kappa shape index (κ3) is 64.8. The van der Waals surface area contributed by atoms with E-state index >= 15 is 0 Å². The predicted octanol–water partition coefficient (Wildman–Crippen LogP) is 20.5. The molecular formula is C71H138O17P2. The van der Waals surface area contributed by atoms with E-state index in [0.29, 0.717) is 31.6 Å². The molecule has 0 bridgehead atoms. The van der Waals surface area contributed by atoms with Gasteiger partial charge in [0, 0.05) is 25.7 Å². The van der Waals surface area contributed by atoms with Crippen molar-refractivity contribution in [2.45, 2.75) is 387 Å². The molecule has 2 unspecified atom stereocenters. The summed E-state index contributed by atoms with van der Waals surface area (Å²) in [6.45, 7) is 7.17. The second kappa shape index (κ2) is 64.4. The number of unbranched alkanes of at least 4 members (excludes halogenated alkanes) is 43. The Bertz CT molecular complexity index is 1740. The van der Waals surface area contributed by atoms with E-state index < -0.39 is 97.5 Å². The maximum atomic E-state index is 13.0. The van der Waals surface area contributed by atoms with Gasteiger partial charge < -0.3 is 33.8 Å². The second-order valence-corrected chi connectivity index (χ2v) is 29.0. The first-order chi connectivity index (χ1) is 43.5. The minimum absolute atomic E-state index is 0.104. The number of phosphoric ester groups is 2. The van der Waals surface area contributed by atoms with Crippen molar-refractivity contribution in [2.75, 3.05) is 39.6 Å². The molecular weight excluding hydrogens is 1190 g/mol. The van der Waals surface area contributed by atoms with Gasteiger partial charge in [0.15, 0.2) is 12.2 Å². The summed E-state index contributed by atoms with van der Waals surface area (Å²) in [5.41, 5.74) is 0. The van der Waals surface area contributed by atoms with Crippen molar-refractivity contribution in [3.63, 3.8) is 0 Å². The summed E-state index contributed by atoms with van der Waals surface area (Å²) in [4.78, 5) is 72.5. The molecule has 0 heterocycles. The lowest BCUT2D eigenvalue weighted by molar-refractivity contribution is -0.161. The molecule has 0 spiro atoms. The average Bonchev–Trinajstić information content (AvgIpc) is 3.43. The van der Waals surface area contributed by atoms with Crippen molar-refractivity contribution in [2.24, 2.45) is 5.92 Å². The van der Waals surface area contributed by atoms with Crippen molar-refractivity contribution in [1.29, 1.82) is 0 Å². The van der Waals surface area contributed by atoms with E-state index in [4.69, 9.17) is 37.0 Å². The van der Waals surface area contributed by atoms with Crippen LogP contribution >= 0.6 is 15.6 Å². The molecule has 0 aliphatic rings. The van der Waals surface area contributed by atoms with E-state index in [1.165, 1.54) is 193 Å². The van der Waals surface area contributed by atoms with Gasteiger partial charge in [-0.2, -0.15) is 0 Å². The molecule has 0 aliphatic carbocycles. The normalized spacial score (nSPS) is 14.1. The lowest BCUT2D eigenvalue weighted by Gasteiger charge is -2.21. The van der Waals surface area contributed by atoms with Crippen molar-refractivity contribution >= 4 is 39.5 Å². The highest BCUT2D eigenvalue weighted by Crippen LogP contribution is 2.45. The average molecular weight is 1330 g/mol. The Kier molecular flexibility index (Phi) is 63.0. The standard InChI is InChI=1S/C71H138O17P2/c1-6-9-12-15-18-21-23-25-26-27-28-29-30-31-33-36-41-46-51-56-70(75)87-66(60-82-69(74)55-50-45-40-35-32-24-22-19-16-13-10-7-2)62-85-89(77,78)83-58-65(72)59-84-90(79,80)86-63-67(61-81-68(73)54-49-44-39-34-20-17-14-11-8-3)88-71(76)57-52-47-42-37-38-43-48-53-64(4)5/h64-67,72H,6-63H2,1-5H3,(H,77,78)(H,79,80)/t65-,66-,67-/m1/s1. The molecule has 0 aromatic rings. The summed E-state index contributed by atoms with van der Waals surface area (Å²) in [5.74, 6) is -1.43. The molecule has 534 valence electrons. The number of hydrogen-bond donors (Lipinski definition) is 3. The van der Waals surface area contributed by atoms with Gasteiger partial charge in [0.2, 0.25) is 0 Å². The smallest absolute Gasteiger partial charge is 0.462 e. The number of carbonyl (C=O) groups excluding carboxylic acids is 4. The number of carbonyl (C=O) groups is 4. The van der Waals surface area contributed by atoms with Gasteiger partial charge in [-0.25, -0.2) is 9.13 Å². The Hall–Kier alpha value is -1.94. The van der Waals surface area contributed by atoms with Gasteiger partial charge in [-0.05, 0) is 31.6 Å². The molecule has 0 aromatic heterocycles. The lowest BCUT2D eigenvalue weighted by Crippen LogP contribution is -2.30. The van der Waals surface area contributed by atoms with Crippen LogP contribution in [0, 0.1) is 5.92 Å². The fraction of sp³-hybridized carbons (Fsp3) is 0.944. The van der Waals surface area contributed by atoms with Crippen LogP contribution in [0.3, 0.4) is 0 Å². The monoisotopic (exact) mass is 1320 g/mol. The highest BCUT2D eigenvalue weighted by molar-refractivity contribution is 7.47. The molecule has 0 saturated carbocycles.